The van der Waals surface area contributed by atoms with Crippen molar-refractivity contribution in [3.05, 3.63) is 58.2 Å². The van der Waals surface area contributed by atoms with Gasteiger partial charge in [0.05, 0.1) is 11.4 Å². The molecule has 0 saturated carbocycles. The number of benzene rings is 1. The van der Waals surface area contributed by atoms with Gasteiger partial charge in [0.25, 0.3) is 11.8 Å². The van der Waals surface area contributed by atoms with Crippen molar-refractivity contribution in [2.75, 3.05) is 0 Å². The Bertz CT molecular complexity index is 755. The van der Waals surface area contributed by atoms with E-state index in [2.05, 4.69) is 15.5 Å². The second-order valence-electron chi connectivity index (χ2n) is 4.19. The molecule has 1 amide bonds. The summed E-state index contributed by atoms with van der Waals surface area (Å²) in [5.41, 5.74) is 0.490. The zero-order chi connectivity index (χ0) is 14.7. The van der Waals surface area contributed by atoms with Gasteiger partial charge in [0.15, 0.2) is 5.82 Å². The number of hydrogen-bond acceptors (Lipinski definition) is 5. The highest BCUT2D eigenvalue weighted by Crippen LogP contribution is 2.22. The van der Waals surface area contributed by atoms with E-state index in [4.69, 9.17) is 16.1 Å². The first-order valence-corrected chi connectivity index (χ1v) is 7.38. The molecule has 0 aliphatic carbocycles. The monoisotopic (exact) mass is 319 g/mol. The topological polar surface area (TPSA) is 68.0 Å². The highest BCUT2D eigenvalue weighted by molar-refractivity contribution is 7.13. The Labute approximate surface area is 129 Å². The van der Waals surface area contributed by atoms with Crippen molar-refractivity contribution in [1.82, 2.24) is 15.5 Å². The molecule has 0 aliphatic heterocycles. The largest absolute Gasteiger partial charge is 0.345 e. The van der Waals surface area contributed by atoms with Gasteiger partial charge in [0.2, 0.25) is 0 Å². The molecule has 106 valence electrons. The van der Waals surface area contributed by atoms with Crippen LogP contribution in [0.4, 0.5) is 0 Å². The van der Waals surface area contributed by atoms with Crippen LogP contribution in [-0.4, -0.2) is 16.0 Å². The number of amides is 1. The SMILES string of the molecule is O=C(NCc1noc(-c2cccs2)n1)c1cccc(Cl)c1. The summed E-state index contributed by atoms with van der Waals surface area (Å²) in [6.45, 7) is 0.195. The Morgan fingerprint density at radius 2 is 2.24 bits per heavy atom. The third-order valence-electron chi connectivity index (χ3n) is 2.69. The average molecular weight is 320 g/mol. The first-order valence-electron chi connectivity index (χ1n) is 6.12. The van der Waals surface area contributed by atoms with E-state index in [1.165, 1.54) is 11.3 Å². The maximum absolute atomic E-state index is 12.0. The number of carbonyl (C=O) groups excluding carboxylic acids is 1. The van der Waals surface area contributed by atoms with Crippen LogP contribution in [0.1, 0.15) is 16.2 Å². The first-order chi connectivity index (χ1) is 10.2. The molecule has 1 N–H and O–H groups in total. The lowest BCUT2D eigenvalue weighted by atomic mass is 10.2. The van der Waals surface area contributed by atoms with Crippen LogP contribution in [0, 0.1) is 0 Å². The minimum Gasteiger partial charge on any atom is -0.345 e. The van der Waals surface area contributed by atoms with Crippen molar-refractivity contribution in [1.29, 1.82) is 0 Å². The summed E-state index contributed by atoms with van der Waals surface area (Å²) in [7, 11) is 0. The molecular weight excluding hydrogens is 310 g/mol. The van der Waals surface area contributed by atoms with Crippen molar-refractivity contribution in [3.63, 3.8) is 0 Å². The molecule has 3 rings (SSSR count). The van der Waals surface area contributed by atoms with Gasteiger partial charge in [-0.15, -0.1) is 11.3 Å². The zero-order valence-corrected chi connectivity index (χ0v) is 12.3. The summed E-state index contributed by atoms with van der Waals surface area (Å²) in [6, 6.07) is 10.5. The van der Waals surface area contributed by atoms with Gasteiger partial charge in [-0.05, 0) is 29.6 Å². The highest BCUT2D eigenvalue weighted by atomic mass is 35.5. The lowest BCUT2D eigenvalue weighted by molar-refractivity contribution is 0.0949. The minimum absolute atomic E-state index is 0.195. The summed E-state index contributed by atoms with van der Waals surface area (Å²) in [6.07, 6.45) is 0. The number of thiophene rings is 1. The second-order valence-corrected chi connectivity index (χ2v) is 5.57. The molecule has 0 atom stereocenters. The molecule has 0 bridgehead atoms. The predicted octanol–water partition coefficient (Wildman–Crippen LogP) is 3.38. The number of nitrogens with zero attached hydrogens (tertiary/aromatic N) is 2. The van der Waals surface area contributed by atoms with Gasteiger partial charge in [-0.3, -0.25) is 4.79 Å². The van der Waals surface area contributed by atoms with Crippen LogP contribution >= 0.6 is 22.9 Å². The Morgan fingerprint density at radius 3 is 3.00 bits per heavy atom. The number of rotatable bonds is 4. The summed E-state index contributed by atoms with van der Waals surface area (Å²) < 4.78 is 5.14. The average Bonchev–Trinajstić information content (AvgIpc) is 3.15. The Morgan fingerprint density at radius 1 is 1.33 bits per heavy atom. The zero-order valence-electron chi connectivity index (χ0n) is 10.7. The molecule has 21 heavy (non-hydrogen) atoms. The normalized spacial score (nSPS) is 10.5. The molecule has 0 spiro atoms. The third-order valence-corrected chi connectivity index (χ3v) is 3.79. The van der Waals surface area contributed by atoms with Crippen LogP contribution in [-0.2, 0) is 6.54 Å². The maximum Gasteiger partial charge on any atom is 0.268 e. The summed E-state index contributed by atoms with van der Waals surface area (Å²) in [5.74, 6) is 0.644. The van der Waals surface area contributed by atoms with E-state index < -0.39 is 0 Å². The predicted molar refractivity (Wildman–Crippen MR) is 80.2 cm³/mol. The van der Waals surface area contributed by atoms with Crippen LogP contribution in [0.15, 0.2) is 46.3 Å². The number of hydrogen-bond donors (Lipinski definition) is 1. The molecule has 5 nitrogen and oxygen atoms in total. The fourth-order valence-corrected chi connectivity index (χ4v) is 2.55. The molecule has 0 fully saturated rings. The minimum atomic E-state index is -0.236. The Balaban J connectivity index is 1.64. The highest BCUT2D eigenvalue weighted by Gasteiger charge is 2.11. The lowest BCUT2D eigenvalue weighted by Crippen LogP contribution is -2.23. The number of nitrogens with one attached hydrogen (secondary N) is 1. The van der Waals surface area contributed by atoms with Crippen molar-refractivity contribution in [3.8, 4) is 10.8 Å². The summed E-state index contributed by atoms with van der Waals surface area (Å²) in [5, 5.41) is 9.00. The standard InChI is InChI=1S/C14H10ClN3O2S/c15-10-4-1-3-9(7-10)13(19)16-8-12-17-14(20-18-12)11-5-2-6-21-11/h1-7H,8H2,(H,16,19). The molecule has 1 aromatic carbocycles. The van der Waals surface area contributed by atoms with E-state index in [0.29, 0.717) is 22.3 Å². The molecule has 0 saturated heterocycles. The van der Waals surface area contributed by atoms with Crippen molar-refractivity contribution in [2.45, 2.75) is 6.54 Å². The number of carbonyl (C=O) groups is 1. The maximum atomic E-state index is 12.0. The van der Waals surface area contributed by atoms with Gasteiger partial charge in [-0.25, -0.2) is 0 Å². The van der Waals surface area contributed by atoms with E-state index in [1.54, 1.807) is 24.3 Å². The first kappa shape index (κ1) is 13.8. The quantitative estimate of drug-likeness (QED) is 0.800. The summed E-state index contributed by atoms with van der Waals surface area (Å²) >= 11 is 7.36. The molecular formula is C14H10ClN3O2S. The van der Waals surface area contributed by atoms with Gasteiger partial charge < -0.3 is 9.84 Å². The molecule has 0 radical (unpaired) electrons. The van der Waals surface area contributed by atoms with Crippen LogP contribution in [0.3, 0.4) is 0 Å². The Hall–Kier alpha value is -2.18. The van der Waals surface area contributed by atoms with Gasteiger partial charge in [0, 0.05) is 10.6 Å². The molecule has 0 unspecified atom stereocenters. The van der Waals surface area contributed by atoms with E-state index in [0.717, 1.165) is 4.88 Å². The van der Waals surface area contributed by atoms with Crippen LogP contribution in [0.5, 0.6) is 0 Å². The van der Waals surface area contributed by atoms with Crippen molar-refractivity contribution < 1.29 is 9.32 Å². The van der Waals surface area contributed by atoms with Crippen LogP contribution in [0.2, 0.25) is 5.02 Å². The molecule has 7 heteroatoms. The van der Waals surface area contributed by atoms with E-state index in [9.17, 15) is 4.79 Å². The van der Waals surface area contributed by atoms with E-state index >= 15 is 0 Å². The molecule has 3 aromatic rings. The van der Waals surface area contributed by atoms with Gasteiger partial charge >= 0.3 is 0 Å². The second kappa shape index (κ2) is 6.07. The van der Waals surface area contributed by atoms with Crippen molar-refractivity contribution in [2.24, 2.45) is 0 Å². The lowest BCUT2D eigenvalue weighted by Gasteiger charge is -2.02. The summed E-state index contributed by atoms with van der Waals surface area (Å²) in [4.78, 5) is 17.1. The molecule has 0 aliphatic rings. The molecule has 2 aromatic heterocycles. The van der Waals surface area contributed by atoms with Crippen LogP contribution in [0.25, 0.3) is 10.8 Å². The fraction of sp³-hybridized carbons (Fsp3) is 0.0714. The Kier molecular flexibility index (Phi) is 3.98. The van der Waals surface area contributed by atoms with Crippen molar-refractivity contribution >= 4 is 28.8 Å². The smallest absolute Gasteiger partial charge is 0.268 e. The van der Waals surface area contributed by atoms with E-state index in [-0.39, 0.29) is 12.5 Å². The fourth-order valence-electron chi connectivity index (χ4n) is 1.72. The van der Waals surface area contributed by atoms with Gasteiger partial charge in [0.1, 0.15) is 0 Å². The third kappa shape index (κ3) is 3.29. The number of halogens is 1. The van der Waals surface area contributed by atoms with E-state index in [1.807, 2.05) is 17.5 Å². The molecule has 2 heterocycles. The van der Waals surface area contributed by atoms with Gasteiger partial charge in [-0.2, -0.15) is 4.98 Å². The van der Waals surface area contributed by atoms with Gasteiger partial charge in [-0.1, -0.05) is 28.9 Å². The number of aromatic nitrogens is 2. The van der Waals surface area contributed by atoms with Crippen LogP contribution < -0.4 is 5.32 Å².